The number of carbonyl (C=O) groups excluding carboxylic acids is 1. The van der Waals surface area contributed by atoms with Crippen molar-refractivity contribution in [1.29, 1.82) is 0 Å². The van der Waals surface area contributed by atoms with Crippen LogP contribution in [0.4, 0.5) is 0 Å². The second-order valence-corrected chi connectivity index (χ2v) is 7.78. The summed E-state index contributed by atoms with van der Waals surface area (Å²) in [4.78, 5) is 14.2. The lowest BCUT2D eigenvalue weighted by Crippen LogP contribution is -2.48. The lowest BCUT2D eigenvalue weighted by Gasteiger charge is -2.35. The van der Waals surface area contributed by atoms with Gasteiger partial charge in [0.25, 0.3) is 5.91 Å². The number of sulfone groups is 1. The van der Waals surface area contributed by atoms with Crippen LogP contribution in [-0.4, -0.2) is 50.8 Å². The second-order valence-electron chi connectivity index (χ2n) is 5.38. The van der Waals surface area contributed by atoms with Crippen LogP contribution in [0.5, 0.6) is 0 Å². The normalized spacial score (nSPS) is 23.1. The van der Waals surface area contributed by atoms with E-state index in [1.807, 2.05) is 13.8 Å². The van der Waals surface area contributed by atoms with Gasteiger partial charge < -0.3 is 9.64 Å². The molecule has 0 N–H and O–H groups in total. The highest BCUT2D eigenvalue weighted by molar-refractivity contribution is 7.90. The van der Waals surface area contributed by atoms with Gasteiger partial charge in [0.05, 0.1) is 22.1 Å². The molecule has 5 nitrogen and oxygen atoms in total. The average Bonchev–Trinajstić information content (AvgIpc) is 2.36. The summed E-state index contributed by atoms with van der Waals surface area (Å²) < 4.78 is 28.9. The fraction of sp³-hybridized carbons (Fsp3) is 0.500. The molecule has 1 aromatic carbocycles. The molecule has 1 aromatic rings. The monoisotopic (exact) mass is 331 g/mol. The Labute approximate surface area is 129 Å². The van der Waals surface area contributed by atoms with Crippen molar-refractivity contribution < 1.29 is 17.9 Å². The van der Waals surface area contributed by atoms with Gasteiger partial charge in [0.15, 0.2) is 9.84 Å². The SMILES string of the molecule is C[C@H]1CN(C(=O)c2ccc(Cl)c(S(C)(=O)=O)c2)C[C@H](C)O1. The van der Waals surface area contributed by atoms with Crippen LogP contribution in [0.3, 0.4) is 0 Å². The molecule has 0 radical (unpaired) electrons. The zero-order chi connectivity index (χ0) is 15.8. The molecule has 2 atom stereocenters. The Hall–Kier alpha value is -1.11. The summed E-state index contributed by atoms with van der Waals surface area (Å²) in [5.74, 6) is -0.210. The lowest BCUT2D eigenvalue weighted by molar-refractivity contribution is -0.0586. The standard InChI is InChI=1S/C14H18ClNO4S/c1-9-7-16(8-10(2)20-9)14(17)11-4-5-12(15)13(6-11)21(3,18)19/h4-6,9-10H,7-8H2,1-3H3/t9-,10-/m0/s1. The Bertz CT molecular complexity index is 649. The molecule has 7 heteroatoms. The first-order chi connectivity index (χ1) is 9.68. The highest BCUT2D eigenvalue weighted by atomic mass is 35.5. The minimum atomic E-state index is -3.47. The molecule has 1 aliphatic rings. The van der Waals surface area contributed by atoms with Gasteiger partial charge in [-0.15, -0.1) is 0 Å². The summed E-state index contributed by atoms with van der Waals surface area (Å²) in [6.45, 7) is 4.78. The zero-order valence-electron chi connectivity index (χ0n) is 12.2. The van der Waals surface area contributed by atoms with Crippen LogP contribution in [-0.2, 0) is 14.6 Å². The average molecular weight is 332 g/mol. The van der Waals surface area contributed by atoms with Gasteiger partial charge in [0.2, 0.25) is 0 Å². The highest BCUT2D eigenvalue weighted by Gasteiger charge is 2.27. The second kappa shape index (κ2) is 5.94. The van der Waals surface area contributed by atoms with Gasteiger partial charge in [0, 0.05) is 24.9 Å². The first-order valence-corrected chi connectivity index (χ1v) is 8.89. The van der Waals surface area contributed by atoms with Gasteiger partial charge in [-0.1, -0.05) is 11.6 Å². The predicted molar refractivity (Wildman–Crippen MR) is 80.5 cm³/mol. The third kappa shape index (κ3) is 3.75. The zero-order valence-corrected chi connectivity index (χ0v) is 13.7. The van der Waals surface area contributed by atoms with E-state index in [9.17, 15) is 13.2 Å². The van der Waals surface area contributed by atoms with Crippen molar-refractivity contribution >= 4 is 27.3 Å². The van der Waals surface area contributed by atoms with Gasteiger partial charge >= 0.3 is 0 Å². The molecule has 1 fully saturated rings. The molecular formula is C14H18ClNO4S. The Morgan fingerprint density at radius 1 is 1.29 bits per heavy atom. The van der Waals surface area contributed by atoms with Gasteiger partial charge in [-0.05, 0) is 32.0 Å². The molecule has 0 unspecified atom stereocenters. The van der Waals surface area contributed by atoms with Crippen molar-refractivity contribution in [2.45, 2.75) is 31.0 Å². The lowest BCUT2D eigenvalue weighted by atomic mass is 10.1. The van der Waals surface area contributed by atoms with E-state index in [0.717, 1.165) is 6.26 Å². The van der Waals surface area contributed by atoms with E-state index in [1.54, 1.807) is 11.0 Å². The summed E-state index contributed by atoms with van der Waals surface area (Å²) in [5, 5.41) is 0.123. The summed E-state index contributed by atoms with van der Waals surface area (Å²) in [6, 6.07) is 4.33. The maximum absolute atomic E-state index is 12.5. The van der Waals surface area contributed by atoms with E-state index < -0.39 is 9.84 Å². The first-order valence-electron chi connectivity index (χ1n) is 6.63. The minimum Gasteiger partial charge on any atom is -0.372 e. The van der Waals surface area contributed by atoms with Crippen LogP contribution in [0.15, 0.2) is 23.1 Å². The predicted octanol–water partition coefficient (Wildman–Crippen LogP) is 1.99. The molecule has 0 aromatic heterocycles. The van der Waals surface area contributed by atoms with Crippen molar-refractivity contribution in [3.05, 3.63) is 28.8 Å². The smallest absolute Gasteiger partial charge is 0.254 e. The van der Waals surface area contributed by atoms with Gasteiger partial charge in [-0.25, -0.2) is 8.42 Å². The molecule has 1 heterocycles. The molecule has 0 aliphatic carbocycles. The largest absolute Gasteiger partial charge is 0.372 e. The van der Waals surface area contributed by atoms with Crippen molar-refractivity contribution in [2.75, 3.05) is 19.3 Å². The van der Waals surface area contributed by atoms with Crippen LogP contribution in [0.25, 0.3) is 0 Å². The van der Waals surface area contributed by atoms with E-state index in [2.05, 4.69) is 0 Å². The first kappa shape index (κ1) is 16.3. The molecular weight excluding hydrogens is 314 g/mol. The molecule has 1 aliphatic heterocycles. The van der Waals surface area contributed by atoms with E-state index in [-0.39, 0.29) is 28.0 Å². The van der Waals surface area contributed by atoms with Crippen molar-refractivity contribution in [3.63, 3.8) is 0 Å². The van der Waals surface area contributed by atoms with Gasteiger partial charge in [-0.3, -0.25) is 4.79 Å². The molecule has 0 bridgehead atoms. The van der Waals surface area contributed by atoms with Crippen LogP contribution in [0.1, 0.15) is 24.2 Å². The van der Waals surface area contributed by atoms with Gasteiger partial charge in [-0.2, -0.15) is 0 Å². The number of carbonyl (C=O) groups is 1. The fourth-order valence-electron chi connectivity index (χ4n) is 2.45. The number of amides is 1. The van der Waals surface area contributed by atoms with E-state index in [1.165, 1.54) is 12.1 Å². The van der Waals surface area contributed by atoms with Crippen LogP contribution >= 0.6 is 11.6 Å². The summed E-state index contributed by atoms with van der Waals surface area (Å²) in [6.07, 6.45) is 0.986. The Morgan fingerprint density at radius 3 is 2.38 bits per heavy atom. The highest BCUT2D eigenvalue weighted by Crippen LogP contribution is 2.24. The van der Waals surface area contributed by atoms with Crippen molar-refractivity contribution in [3.8, 4) is 0 Å². The van der Waals surface area contributed by atoms with E-state index >= 15 is 0 Å². The summed E-state index contributed by atoms with van der Waals surface area (Å²) in [5.41, 5.74) is 0.320. The molecule has 21 heavy (non-hydrogen) atoms. The summed E-state index contributed by atoms with van der Waals surface area (Å²) >= 11 is 5.89. The fourth-order valence-corrected chi connectivity index (χ4v) is 3.75. The number of morpholine rings is 1. The topological polar surface area (TPSA) is 63.7 Å². The Kier molecular flexibility index (Phi) is 4.60. The van der Waals surface area contributed by atoms with Gasteiger partial charge in [0.1, 0.15) is 0 Å². The van der Waals surface area contributed by atoms with Crippen molar-refractivity contribution in [2.24, 2.45) is 0 Å². The Balaban J connectivity index is 2.32. The quantitative estimate of drug-likeness (QED) is 0.831. The minimum absolute atomic E-state index is 0.0237. The molecule has 0 spiro atoms. The number of hydrogen-bond donors (Lipinski definition) is 0. The number of hydrogen-bond acceptors (Lipinski definition) is 4. The maximum Gasteiger partial charge on any atom is 0.254 e. The van der Waals surface area contributed by atoms with Crippen LogP contribution in [0.2, 0.25) is 5.02 Å². The molecule has 1 amide bonds. The summed E-state index contributed by atoms with van der Waals surface area (Å²) in [7, 11) is -3.47. The number of ether oxygens (including phenoxy) is 1. The number of halogens is 1. The molecule has 1 saturated heterocycles. The third-order valence-electron chi connectivity index (χ3n) is 3.28. The van der Waals surface area contributed by atoms with Crippen LogP contribution in [0, 0.1) is 0 Å². The number of nitrogens with zero attached hydrogens (tertiary/aromatic N) is 1. The van der Waals surface area contributed by atoms with E-state index in [4.69, 9.17) is 16.3 Å². The van der Waals surface area contributed by atoms with E-state index in [0.29, 0.717) is 18.7 Å². The molecule has 0 saturated carbocycles. The maximum atomic E-state index is 12.5. The van der Waals surface area contributed by atoms with Crippen LogP contribution < -0.4 is 0 Å². The number of benzene rings is 1. The molecule has 2 rings (SSSR count). The third-order valence-corrected chi connectivity index (χ3v) is 4.86. The molecule has 116 valence electrons. The Morgan fingerprint density at radius 2 is 1.86 bits per heavy atom. The van der Waals surface area contributed by atoms with Crippen molar-refractivity contribution in [1.82, 2.24) is 4.90 Å². The number of rotatable bonds is 2.